The van der Waals surface area contributed by atoms with Gasteiger partial charge in [-0.05, 0) is 18.8 Å². The van der Waals surface area contributed by atoms with Gasteiger partial charge in [0.15, 0.2) is 0 Å². The Morgan fingerprint density at radius 2 is 1.41 bits per heavy atom. The Morgan fingerprint density at radius 3 is 1.94 bits per heavy atom. The minimum atomic E-state index is 1.02. The monoisotopic (exact) mass is 242 g/mol. The lowest BCUT2D eigenvalue weighted by molar-refractivity contribution is 0.182. The average Bonchev–Trinajstić information content (AvgIpc) is 2.45. The van der Waals surface area contributed by atoms with Gasteiger partial charge in [-0.1, -0.05) is 47.0 Å². The number of nitrogens with one attached hydrogen (secondary N) is 1. The van der Waals surface area contributed by atoms with Gasteiger partial charge in [0.05, 0.1) is 0 Å². The maximum Gasteiger partial charge on any atom is 0.0107 e. The Kier molecular flexibility index (Phi) is 12.3. The molecule has 1 aliphatic carbocycles. The lowest BCUT2D eigenvalue weighted by Crippen LogP contribution is -2.45. The van der Waals surface area contributed by atoms with E-state index in [0.29, 0.717) is 0 Å². The topological polar surface area (TPSA) is 15.3 Å². The first-order valence-corrected chi connectivity index (χ1v) is 7.88. The Balaban J connectivity index is 0.000000581. The standard InChI is InChI=1S/C11H22N2.2C2H6/c1-2-4-11(5-3-1)10-13-8-6-12-7-9-13;2*1-2/h11-12H,1-10H2;2*1-2H3. The summed E-state index contributed by atoms with van der Waals surface area (Å²) in [6.45, 7) is 14.3. The highest BCUT2D eigenvalue weighted by atomic mass is 15.2. The Bertz CT molecular complexity index is 120. The van der Waals surface area contributed by atoms with Gasteiger partial charge in [-0.25, -0.2) is 0 Å². The molecule has 2 rings (SSSR count). The third kappa shape index (κ3) is 7.77. The Labute approximate surface area is 109 Å². The van der Waals surface area contributed by atoms with E-state index in [1.807, 2.05) is 27.7 Å². The molecule has 0 radical (unpaired) electrons. The van der Waals surface area contributed by atoms with Gasteiger partial charge in [-0.3, -0.25) is 0 Å². The molecule has 2 heteroatoms. The van der Waals surface area contributed by atoms with Crippen LogP contribution in [0.5, 0.6) is 0 Å². The number of nitrogens with zero attached hydrogens (tertiary/aromatic N) is 1. The van der Waals surface area contributed by atoms with Crippen molar-refractivity contribution in [1.82, 2.24) is 10.2 Å². The maximum atomic E-state index is 3.41. The van der Waals surface area contributed by atoms with Gasteiger partial charge < -0.3 is 10.2 Å². The van der Waals surface area contributed by atoms with Crippen LogP contribution < -0.4 is 5.32 Å². The second-order valence-corrected chi connectivity index (χ2v) is 4.55. The third-order valence-electron chi connectivity index (χ3n) is 3.45. The van der Waals surface area contributed by atoms with E-state index < -0.39 is 0 Å². The van der Waals surface area contributed by atoms with Crippen LogP contribution >= 0.6 is 0 Å². The summed E-state index contributed by atoms with van der Waals surface area (Å²) in [4.78, 5) is 2.65. The maximum absolute atomic E-state index is 3.41. The summed E-state index contributed by atoms with van der Waals surface area (Å²) >= 11 is 0. The van der Waals surface area contributed by atoms with Crippen molar-refractivity contribution in [2.24, 2.45) is 5.92 Å². The molecule has 0 atom stereocenters. The summed E-state index contributed by atoms with van der Waals surface area (Å²) < 4.78 is 0. The van der Waals surface area contributed by atoms with Crippen LogP contribution in [0.1, 0.15) is 59.8 Å². The van der Waals surface area contributed by atoms with Crippen LogP contribution in [-0.4, -0.2) is 37.6 Å². The lowest BCUT2D eigenvalue weighted by Gasteiger charge is -2.32. The van der Waals surface area contributed by atoms with Crippen LogP contribution in [0, 0.1) is 5.92 Å². The Hall–Kier alpha value is -0.0800. The zero-order valence-electron chi connectivity index (χ0n) is 12.6. The normalized spacial score (nSPS) is 21.9. The second-order valence-electron chi connectivity index (χ2n) is 4.55. The molecule has 0 aromatic rings. The molecule has 0 aromatic carbocycles. The van der Waals surface area contributed by atoms with Gasteiger partial charge in [0, 0.05) is 32.7 Å². The molecule has 0 aromatic heterocycles. The number of rotatable bonds is 2. The molecular formula is C15H34N2. The first-order chi connectivity index (χ1) is 8.45. The summed E-state index contributed by atoms with van der Waals surface area (Å²) in [5.74, 6) is 1.02. The SMILES string of the molecule is C1CCC(CN2CCNCC2)CC1.CC.CC. The fraction of sp³-hybridized carbons (Fsp3) is 1.00. The number of piperazine rings is 1. The number of hydrogen-bond donors (Lipinski definition) is 1. The highest BCUT2D eigenvalue weighted by Crippen LogP contribution is 2.24. The van der Waals surface area contributed by atoms with Crippen molar-refractivity contribution in [3.63, 3.8) is 0 Å². The molecule has 0 unspecified atom stereocenters. The molecule has 1 saturated carbocycles. The molecule has 1 heterocycles. The van der Waals surface area contributed by atoms with Crippen LogP contribution in [0.15, 0.2) is 0 Å². The zero-order chi connectivity index (χ0) is 12.9. The highest BCUT2D eigenvalue weighted by Gasteiger charge is 2.17. The van der Waals surface area contributed by atoms with E-state index in [-0.39, 0.29) is 0 Å². The van der Waals surface area contributed by atoms with Crippen molar-refractivity contribution in [2.75, 3.05) is 32.7 Å². The van der Waals surface area contributed by atoms with Gasteiger partial charge in [-0.2, -0.15) is 0 Å². The van der Waals surface area contributed by atoms with Crippen LogP contribution in [0.2, 0.25) is 0 Å². The first-order valence-electron chi connectivity index (χ1n) is 7.88. The van der Waals surface area contributed by atoms with Crippen LogP contribution in [-0.2, 0) is 0 Å². The van der Waals surface area contributed by atoms with Crippen molar-refractivity contribution in [3.05, 3.63) is 0 Å². The van der Waals surface area contributed by atoms with Crippen molar-refractivity contribution in [3.8, 4) is 0 Å². The highest BCUT2D eigenvalue weighted by molar-refractivity contribution is 4.73. The average molecular weight is 242 g/mol. The molecule has 0 spiro atoms. The molecule has 17 heavy (non-hydrogen) atoms. The van der Waals surface area contributed by atoms with E-state index in [1.54, 1.807) is 0 Å². The van der Waals surface area contributed by atoms with Crippen LogP contribution in [0.3, 0.4) is 0 Å². The summed E-state index contributed by atoms with van der Waals surface area (Å²) in [6, 6.07) is 0. The summed E-state index contributed by atoms with van der Waals surface area (Å²) in [5.41, 5.74) is 0. The van der Waals surface area contributed by atoms with E-state index in [2.05, 4.69) is 10.2 Å². The molecule has 2 aliphatic rings. The van der Waals surface area contributed by atoms with Gasteiger partial charge in [0.1, 0.15) is 0 Å². The fourth-order valence-corrected chi connectivity index (χ4v) is 2.63. The summed E-state index contributed by atoms with van der Waals surface area (Å²) in [5, 5.41) is 3.41. The van der Waals surface area contributed by atoms with Crippen molar-refractivity contribution < 1.29 is 0 Å². The van der Waals surface area contributed by atoms with E-state index in [9.17, 15) is 0 Å². The van der Waals surface area contributed by atoms with E-state index >= 15 is 0 Å². The molecule has 2 fully saturated rings. The fourth-order valence-electron chi connectivity index (χ4n) is 2.63. The van der Waals surface area contributed by atoms with Gasteiger partial charge >= 0.3 is 0 Å². The summed E-state index contributed by atoms with van der Waals surface area (Å²) in [7, 11) is 0. The smallest absolute Gasteiger partial charge is 0.0107 e. The first kappa shape index (κ1) is 16.9. The van der Waals surface area contributed by atoms with Crippen LogP contribution in [0.4, 0.5) is 0 Å². The van der Waals surface area contributed by atoms with Crippen molar-refractivity contribution in [2.45, 2.75) is 59.8 Å². The van der Waals surface area contributed by atoms with Crippen LogP contribution in [0.25, 0.3) is 0 Å². The molecule has 104 valence electrons. The molecule has 2 nitrogen and oxygen atoms in total. The van der Waals surface area contributed by atoms with E-state index in [0.717, 1.165) is 5.92 Å². The molecule has 1 N–H and O–H groups in total. The zero-order valence-corrected chi connectivity index (χ0v) is 12.6. The molecule has 1 aliphatic heterocycles. The molecule has 0 bridgehead atoms. The largest absolute Gasteiger partial charge is 0.314 e. The van der Waals surface area contributed by atoms with Crippen molar-refractivity contribution >= 4 is 0 Å². The van der Waals surface area contributed by atoms with Gasteiger partial charge in [0.2, 0.25) is 0 Å². The van der Waals surface area contributed by atoms with Gasteiger partial charge in [0.25, 0.3) is 0 Å². The van der Waals surface area contributed by atoms with Crippen molar-refractivity contribution in [1.29, 1.82) is 0 Å². The quantitative estimate of drug-likeness (QED) is 0.797. The number of hydrogen-bond acceptors (Lipinski definition) is 2. The minimum Gasteiger partial charge on any atom is -0.314 e. The van der Waals surface area contributed by atoms with E-state index in [1.165, 1.54) is 64.8 Å². The molecule has 0 amide bonds. The predicted molar refractivity (Wildman–Crippen MR) is 78.6 cm³/mol. The third-order valence-corrected chi connectivity index (χ3v) is 3.45. The molecule has 1 saturated heterocycles. The van der Waals surface area contributed by atoms with E-state index in [4.69, 9.17) is 0 Å². The minimum absolute atomic E-state index is 1.02. The predicted octanol–water partition coefficient (Wildman–Crippen LogP) is 3.52. The second kappa shape index (κ2) is 12.4. The summed E-state index contributed by atoms with van der Waals surface area (Å²) in [6.07, 6.45) is 7.43. The lowest BCUT2D eigenvalue weighted by atomic mass is 9.89. The van der Waals surface area contributed by atoms with Gasteiger partial charge in [-0.15, -0.1) is 0 Å². The molecular weight excluding hydrogens is 208 g/mol. The Morgan fingerprint density at radius 1 is 0.882 bits per heavy atom.